The summed E-state index contributed by atoms with van der Waals surface area (Å²) >= 11 is 0. The quantitative estimate of drug-likeness (QED) is 0.839. The standard InChI is InChI=1S/C17H27NO3/c1-18-14-6-4-5-7-15(14)21-11-10-13-8-9-16(19-2)17(12-13)20-3/h8-9,12,14-15,18H,4-7,10-11H2,1-3H3. The minimum Gasteiger partial charge on any atom is -0.493 e. The molecule has 0 heterocycles. The predicted octanol–water partition coefficient (Wildman–Crippen LogP) is 2.79. The van der Waals surface area contributed by atoms with Crippen LogP contribution in [0.2, 0.25) is 0 Å². The van der Waals surface area contributed by atoms with Crippen LogP contribution in [0.5, 0.6) is 11.5 Å². The van der Waals surface area contributed by atoms with Gasteiger partial charge in [0.1, 0.15) is 0 Å². The van der Waals surface area contributed by atoms with Crippen LogP contribution in [0.25, 0.3) is 0 Å². The maximum absolute atomic E-state index is 6.09. The van der Waals surface area contributed by atoms with E-state index in [0.717, 1.165) is 30.9 Å². The zero-order valence-corrected chi connectivity index (χ0v) is 13.4. The van der Waals surface area contributed by atoms with Gasteiger partial charge in [-0.25, -0.2) is 0 Å². The van der Waals surface area contributed by atoms with Crippen LogP contribution in [0.15, 0.2) is 18.2 Å². The van der Waals surface area contributed by atoms with E-state index < -0.39 is 0 Å². The molecular weight excluding hydrogens is 266 g/mol. The Bertz CT molecular complexity index is 436. The van der Waals surface area contributed by atoms with Gasteiger partial charge in [-0.05, 0) is 44.0 Å². The molecule has 1 aromatic rings. The van der Waals surface area contributed by atoms with E-state index in [1.807, 2.05) is 19.2 Å². The molecule has 0 aliphatic heterocycles. The average Bonchev–Trinajstić information content (AvgIpc) is 2.55. The first-order valence-electron chi connectivity index (χ1n) is 7.78. The minimum absolute atomic E-state index is 0.351. The number of ether oxygens (including phenoxy) is 3. The molecule has 1 aliphatic rings. The summed E-state index contributed by atoms with van der Waals surface area (Å²) in [5.74, 6) is 1.55. The molecule has 2 unspecified atom stereocenters. The molecule has 1 aromatic carbocycles. The first-order chi connectivity index (χ1) is 10.3. The van der Waals surface area contributed by atoms with Crippen molar-refractivity contribution in [3.63, 3.8) is 0 Å². The summed E-state index contributed by atoms with van der Waals surface area (Å²) in [4.78, 5) is 0. The van der Waals surface area contributed by atoms with E-state index in [2.05, 4.69) is 11.4 Å². The summed E-state index contributed by atoms with van der Waals surface area (Å²) in [5.41, 5.74) is 1.21. The molecule has 4 nitrogen and oxygen atoms in total. The molecular formula is C17H27NO3. The molecule has 0 saturated heterocycles. The fourth-order valence-electron chi connectivity index (χ4n) is 2.99. The maximum atomic E-state index is 6.09. The highest BCUT2D eigenvalue weighted by Gasteiger charge is 2.23. The van der Waals surface area contributed by atoms with Gasteiger partial charge in [0.25, 0.3) is 0 Å². The lowest BCUT2D eigenvalue weighted by Gasteiger charge is -2.31. The summed E-state index contributed by atoms with van der Waals surface area (Å²) in [5, 5.41) is 3.37. The maximum Gasteiger partial charge on any atom is 0.160 e. The monoisotopic (exact) mass is 293 g/mol. The van der Waals surface area contributed by atoms with Gasteiger partial charge >= 0.3 is 0 Å². The van der Waals surface area contributed by atoms with Gasteiger partial charge in [0.2, 0.25) is 0 Å². The lowest BCUT2D eigenvalue weighted by Crippen LogP contribution is -2.42. The fourth-order valence-corrected chi connectivity index (χ4v) is 2.99. The second kappa shape index (κ2) is 8.25. The van der Waals surface area contributed by atoms with Crippen LogP contribution in [-0.2, 0) is 11.2 Å². The van der Waals surface area contributed by atoms with Crippen LogP contribution in [-0.4, -0.2) is 40.0 Å². The largest absolute Gasteiger partial charge is 0.493 e. The van der Waals surface area contributed by atoms with Crippen molar-refractivity contribution in [3.05, 3.63) is 23.8 Å². The number of nitrogens with one attached hydrogen (secondary N) is 1. The molecule has 2 rings (SSSR count). The molecule has 2 atom stereocenters. The average molecular weight is 293 g/mol. The summed E-state index contributed by atoms with van der Waals surface area (Å²) in [6.45, 7) is 0.748. The van der Waals surface area contributed by atoms with E-state index in [0.29, 0.717) is 12.1 Å². The summed E-state index contributed by atoms with van der Waals surface area (Å²) in [7, 11) is 5.35. The zero-order valence-electron chi connectivity index (χ0n) is 13.4. The van der Waals surface area contributed by atoms with E-state index in [9.17, 15) is 0 Å². The van der Waals surface area contributed by atoms with E-state index >= 15 is 0 Å². The highest BCUT2D eigenvalue weighted by atomic mass is 16.5. The van der Waals surface area contributed by atoms with Gasteiger partial charge in [0, 0.05) is 6.04 Å². The van der Waals surface area contributed by atoms with Crippen LogP contribution in [0.3, 0.4) is 0 Å². The van der Waals surface area contributed by atoms with Crippen molar-refractivity contribution in [2.24, 2.45) is 0 Å². The van der Waals surface area contributed by atoms with Crippen molar-refractivity contribution in [2.75, 3.05) is 27.9 Å². The molecule has 1 N–H and O–H groups in total. The van der Waals surface area contributed by atoms with Crippen molar-refractivity contribution in [1.82, 2.24) is 5.32 Å². The van der Waals surface area contributed by atoms with Crippen LogP contribution in [0, 0.1) is 0 Å². The highest BCUT2D eigenvalue weighted by molar-refractivity contribution is 5.42. The SMILES string of the molecule is CNC1CCCCC1OCCc1ccc(OC)c(OC)c1. The second-order valence-corrected chi connectivity index (χ2v) is 5.53. The number of methoxy groups -OCH3 is 2. The lowest BCUT2D eigenvalue weighted by molar-refractivity contribution is 0.00876. The highest BCUT2D eigenvalue weighted by Crippen LogP contribution is 2.28. The number of hydrogen-bond donors (Lipinski definition) is 1. The molecule has 0 spiro atoms. The number of benzene rings is 1. The Morgan fingerprint density at radius 2 is 1.86 bits per heavy atom. The molecule has 4 heteroatoms. The van der Waals surface area contributed by atoms with Crippen molar-refractivity contribution in [2.45, 2.75) is 44.2 Å². The molecule has 21 heavy (non-hydrogen) atoms. The second-order valence-electron chi connectivity index (χ2n) is 5.53. The third kappa shape index (κ3) is 4.35. The Balaban J connectivity index is 1.85. The molecule has 0 bridgehead atoms. The summed E-state index contributed by atoms with van der Waals surface area (Å²) in [6.07, 6.45) is 6.21. The first-order valence-corrected chi connectivity index (χ1v) is 7.78. The Morgan fingerprint density at radius 3 is 2.57 bits per heavy atom. The summed E-state index contributed by atoms with van der Waals surface area (Å²) in [6, 6.07) is 6.55. The van der Waals surface area contributed by atoms with Crippen LogP contribution < -0.4 is 14.8 Å². The van der Waals surface area contributed by atoms with Gasteiger partial charge in [-0.15, -0.1) is 0 Å². The van der Waals surface area contributed by atoms with Crippen molar-refractivity contribution < 1.29 is 14.2 Å². The number of likely N-dealkylation sites (N-methyl/N-ethyl adjacent to an activating group) is 1. The zero-order chi connectivity index (χ0) is 15.1. The van der Waals surface area contributed by atoms with Crippen molar-refractivity contribution in [1.29, 1.82) is 0 Å². The Hall–Kier alpha value is -1.26. The molecule has 1 saturated carbocycles. The minimum atomic E-state index is 0.351. The van der Waals surface area contributed by atoms with Gasteiger partial charge < -0.3 is 19.5 Å². The van der Waals surface area contributed by atoms with Crippen LogP contribution in [0.1, 0.15) is 31.2 Å². The number of rotatable bonds is 7. The van der Waals surface area contributed by atoms with Crippen LogP contribution >= 0.6 is 0 Å². The number of hydrogen-bond acceptors (Lipinski definition) is 4. The van der Waals surface area contributed by atoms with Gasteiger partial charge in [-0.1, -0.05) is 18.9 Å². The molecule has 0 amide bonds. The van der Waals surface area contributed by atoms with E-state index in [4.69, 9.17) is 14.2 Å². The normalized spacial score (nSPS) is 22.0. The smallest absolute Gasteiger partial charge is 0.160 e. The van der Waals surface area contributed by atoms with Gasteiger partial charge in [0.05, 0.1) is 26.9 Å². The fraction of sp³-hybridized carbons (Fsp3) is 0.647. The Labute approximate surface area is 127 Å². The molecule has 0 aromatic heterocycles. The Morgan fingerprint density at radius 1 is 1.10 bits per heavy atom. The van der Waals surface area contributed by atoms with Gasteiger partial charge in [-0.2, -0.15) is 0 Å². The first kappa shape index (κ1) is 16.1. The third-order valence-corrected chi connectivity index (χ3v) is 4.24. The van der Waals surface area contributed by atoms with Crippen molar-refractivity contribution in [3.8, 4) is 11.5 Å². The van der Waals surface area contributed by atoms with E-state index in [1.54, 1.807) is 14.2 Å². The molecule has 0 radical (unpaired) electrons. The van der Waals surface area contributed by atoms with Gasteiger partial charge in [-0.3, -0.25) is 0 Å². The third-order valence-electron chi connectivity index (χ3n) is 4.24. The van der Waals surface area contributed by atoms with Gasteiger partial charge in [0.15, 0.2) is 11.5 Å². The summed E-state index contributed by atoms with van der Waals surface area (Å²) < 4.78 is 16.7. The van der Waals surface area contributed by atoms with Crippen molar-refractivity contribution >= 4 is 0 Å². The van der Waals surface area contributed by atoms with E-state index in [1.165, 1.54) is 24.8 Å². The van der Waals surface area contributed by atoms with E-state index in [-0.39, 0.29) is 0 Å². The molecule has 118 valence electrons. The predicted molar refractivity (Wildman–Crippen MR) is 84.3 cm³/mol. The van der Waals surface area contributed by atoms with Crippen LogP contribution in [0.4, 0.5) is 0 Å². The topological polar surface area (TPSA) is 39.7 Å². The lowest BCUT2D eigenvalue weighted by atomic mass is 9.92. The molecule has 1 fully saturated rings. The Kier molecular flexibility index (Phi) is 6.33. The molecule has 1 aliphatic carbocycles.